The number of aliphatic hydroxyl groups is 1. The molecule has 0 aromatic heterocycles. The van der Waals surface area contributed by atoms with Crippen molar-refractivity contribution >= 4 is 23.1 Å². The fraction of sp³-hybridized carbons (Fsp3) is 0.238. The summed E-state index contributed by atoms with van der Waals surface area (Å²) in [6, 6.07) is 11.3. The van der Waals surface area contributed by atoms with Gasteiger partial charge in [-0.15, -0.1) is 0 Å². The van der Waals surface area contributed by atoms with Crippen molar-refractivity contribution in [2.45, 2.75) is 13.3 Å². The molecule has 0 bridgehead atoms. The predicted octanol–water partition coefficient (Wildman–Crippen LogP) is 3.34. The molecule has 28 heavy (non-hydrogen) atoms. The van der Waals surface area contributed by atoms with E-state index in [1.165, 1.54) is 26.4 Å². The number of aliphatic hydroxyl groups excluding tert-OH is 1. The van der Waals surface area contributed by atoms with Crippen molar-refractivity contribution in [3.63, 3.8) is 0 Å². The van der Waals surface area contributed by atoms with Gasteiger partial charge in [0, 0.05) is 18.2 Å². The van der Waals surface area contributed by atoms with Gasteiger partial charge in [0.2, 0.25) is 0 Å². The molecule has 1 aliphatic heterocycles. The van der Waals surface area contributed by atoms with Gasteiger partial charge in [-0.05, 0) is 24.1 Å². The Morgan fingerprint density at radius 2 is 1.50 bits per heavy atom. The van der Waals surface area contributed by atoms with Crippen molar-refractivity contribution in [1.29, 1.82) is 0 Å². The fourth-order valence-corrected chi connectivity index (χ4v) is 2.87. The highest BCUT2D eigenvalue weighted by atomic mass is 16.5. The highest BCUT2D eigenvalue weighted by Gasteiger charge is 2.40. The molecule has 146 valence electrons. The van der Waals surface area contributed by atoms with Crippen LogP contribution >= 0.6 is 0 Å². The second-order valence-electron chi connectivity index (χ2n) is 6.11. The van der Waals surface area contributed by atoms with E-state index in [9.17, 15) is 14.7 Å². The molecule has 0 atom stereocenters. The third-order valence-electron chi connectivity index (χ3n) is 4.27. The maximum Gasteiger partial charge on any atom is 0.301 e. The fourth-order valence-electron chi connectivity index (χ4n) is 2.87. The maximum absolute atomic E-state index is 13.0. The summed E-state index contributed by atoms with van der Waals surface area (Å²) in [4.78, 5) is 26.5. The summed E-state index contributed by atoms with van der Waals surface area (Å²) >= 11 is 0. The molecule has 1 aliphatic rings. The molecule has 0 spiro atoms. The zero-order valence-electron chi connectivity index (χ0n) is 15.9. The summed E-state index contributed by atoms with van der Waals surface area (Å²) in [5, 5.41) is 10.4. The molecule has 0 saturated carbocycles. The number of ether oxygens (including phenoxy) is 3. The number of carbonyl (C=O) groups excluding carboxylic acids is 2. The molecule has 0 saturated heterocycles. The summed E-state index contributed by atoms with van der Waals surface area (Å²) in [7, 11) is 2.94. The summed E-state index contributed by atoms with van der Waals surface area (Å²) in [5.41, 5.74) is 0.613. The van der Waals surface area contributed by atoms with Gasteiger partial charge < -0.3 is 19.3 Å². The molecule has 1 heterocycles. The summed E-state index contributed by atoms with van der Waals surface area (Å²) in [6.07, 6.45) is 0.875. The van der Waals surface area contributed by atoms with Crippen molar-refractivity contribution in [1.82, 2.24) is 0 Å². The molecule has 1 N–H and O–H groups in total. The Kier molecular flexibility index (Phi) is 5.54. The molecule has 7 heteroatoms. The molecule has 2 amide bonds. The van der Waals surface area contributed by atoms with Crippen LogP contribution in [0.15, 0.2) is 48.2 Å². The van der Waals surface area contributed by atoms with Crippen LogP contribution in [0.2, 0.25) is 0 Å². The summed E-state index contributed by atoms with van der Waals surface area (Å²) in [5.74, 6) is -0.548. The molecule has 2 aromatic carbocycles. The van der Waals surface area contributed by atoms with Gasteiger partial charge in [0.25, 0.3) is 5.91 Å². The van der Waals surface area contributed by atoms with Crippen LogP contribution in [0.5, 0.6) is 17.2 Å². The van der Waals surface area contributed by atoms with Crippen LogP contribution < -0.4 is 19.1 Å². The van der Waals surface area contributed by atoms with Crippen molar-refractivity contribution in [2.75, 3.05) is 25.7 Å². The Morgan fingerprint density at radius 3 is 2.04 bits per heavy atom. The average Bonchev–Trinajstić information content (AvgIpc) is 2.94. The largest absolute Gasteiger partial charge is 0.502 e. The Balaban J connectivity index is 1.94. The maximum atomic E-state index is 13.0. The molecule has 0 unspecified atom stereocenters. The van der Waals surface area contributed by atoms with Gasteiger partial charge in [-0.3, -0.25) is 9.59 Å². The smallest absolute Gasteiger partial charge is 0.301 e. The minimum absolute atomic E-state index is 0.0613. The third kappa shape index (κ3) is 3.51. The number of rotatable bonds is 7. The molecule has 7 nitrogen and oxygen atoms in total. The zero-order chi connectivity index (χ0) is 20.3. The molecular formula is C21H21NO6. The number of carbonyl (C=O) groups is 2. The standard InChI is InChI=1S/C21H21NO6/c1-4-9-28-15-7-5-13(6-8-15)18-19(23)21(25)22(20(18)24)14-10-16(26-2)12-17(11-14)27-3/h5-8,10-12,23H,4,9H2,1-3H3. The first-order chi connectivity index (χ1) is 13.5. The monoisotopic (exact) mass is 383 g/mol. The van der Waals surface area contributed by atoms with Crippen molar-refractivity contribution < 1.29 is 28.9 Å². The molecular weight excluding hydrogens is 362 g/mol. The molecule has 2 aromatic rings. The topological polar surface area (TPSA) is 85.3 Å². The van der Waals surface area contributed by atoms with E-state index in [0.717, 1.165) is 11.3 Å². The highest BCUT2D eigenvalue weighted by Crippen LogP contribution is 2.36. The van der Waals surface area contributed by atoms with E-state index in [4.69, 9.17) is 14.2 Å². The van der Waals surface area contributed by atoms with E-state index in [-0.39, 0.29) is 11.3 Å². The highest BCUT2D eigenvalue weighted by molar-refractivity contribution is 6.44. The van der Waals surface area contributed by atoms with Gasteiger partial charge in [-0.2, -0.15) is 0 Å². The first-order valence-corrected chi connectivity index (χ1v) is 8.78. The Labute approximate surface area is 162 Å². The predicted molar refractivity (Wildman–Crippen MR) is 104 cm³/mol. The number of nitrogens with zero attached hydrogens (tertiary/aromatic N) is 1. The number of methoxy groups -OCH3 is 2. The van der Waals surface area contributed by atoms with E-state index < -0.39 is 17.6 Å². The minimum Gasteiger partial charge on any atom is -0.502 e. The first-order valence-electron chi connectivity index (χ1n) is 8.78. The van der Waals surface area contributed by atoms with Crippen LogP contribution in [0, 0.1) is 0 Å². The average molecular weight is 383 g/mol. The van der Waals surface area contributed by atoms with Gasteiger partial charge in [0.1, 0.15) is 17.2 Å². The number of imide groups is 1. The minimum atomic E-state index is -0.804. The van der Waals surface area contributed by atoms with Crippen molar-refractivity contribution in [3.05, 3.63) is 53.8 Å². The van der Waals surface area contributed by atoms with E-state index in [1.807, 2.05) is 6.92 Å². The lowest BCUT2D eigenvalue weighted by molar-refractivity contribution is -0.121. The van der Waals surface area contributed by atoms with E-state index in [2.05, 4.69) is 0 Å². The second kappa shape index (κ2) is 8.04. The van der Waals surface area contributed by atoms with Crippen LogP contribution in [0.3, 0.4) is 0 Å². The van der Waals surface area contributed by atoms with Crippen LogP contribution in [0.4, 0.5) is 5.69 Å². The molecule has 3 rings (SSSR count). The molecule has 0 radical (unpaired) electrons. The van der Waals surface area contributed by atoms with Crippen LogP contribution in [-0.2, 0) is 9.59 Å². The normalized spacial score (nSPS) is 13.9. The molecule has 0 aliphatic carbocycles. The quantitative estimate of drug-likeness (QED) is 0.738. The van der Waals surface area contributed by atoms with Crippen LogP contribution in [0.25, 0.3) is 5.57 Å². The molecule has 0 fully saturated rings. The number of hydrogen-bond donors (Lipinski definition) is 1. The van der Waals surface area contributed by atoms with Crippen molar-refractivity contribution in [2.24, 2.45) is 0 Å². The number of benzene rings is 2. The second-order valence-corrected chi connectivity index (χ2v) is 6.11. The van der Waals surface area contributed by atoms with Gasteiger partial charge in [-0.1, -0.05) is 19.1 Å². The lowest BCUT2D eigenvalue weighted by Crippen LogP contribution is -2.31. The number of amides is 2. The van der Waals surface area contributed by atoms with Crippen molar-refractivity contribution in [3.8, 4) is 17.2 Å². The van der Waals surface area contributed by atoms with E-state index >= 15 is 0 Å². The number of hydrogen-bond acceptors (Lipinski definition) is 6. The first kappa shape index (κ1) is 19.3. The van der Waals surface area contributed by atoms with Crippen LogP contribution in [0.1, 0.15) is 18.9 Å². The summed E-state index contributed by atoms with van der Waals surface area (Å²) < 4.78 is 15.9. The third-order valence-corrected chi connectivity index (χ3v) is 4.27. The zero-order valence-corrected chi connectivity index (χ0v) is 15.9. The number of anilines is 1. The SMILES string of the molecule is CCCOc1ccc(C2=C(O)C(=O)N(c3cc(OC)cc(OC)c3)C2=O)cc1. The van der Waals surface area contributed by atoms with Gasteiger partial charge in [0.05, 0.1) is 32.1 Å². The Bertz CT molecular complexity index is 910. The lowest BCUT2D eigenvalue weighted by atomic mass is 10.1. The Morgan fingerprint density at radius 1 is 0.893 bits per heavy atom. The Hall–Kier alpha value is -3.48. The van der Waals surface area contributed by atoms with Gasteiger partial charge in [0.15, 0.2) is 5.76 Å². The van der Waals surface area contributed by atoms with E-state index in [0.29, 0.717) is 29.4 Å². The lowest BCUT2D eigenvalue weighted by Gasteiger charge is -2.17. The van der Waals surface area contributed by atoms with E-state index in [1.54, 1.807) is 30.3 Å². The summed E-state index contributed by atoms with van der Waals surface area (Å²) in [6.45, 7) is 2.58. The van der Waals surface area contributed by atoms with Gasteiger partial charge in [-0.25, -0.2) is 4.90 Å². The van der Waals surface area contributed by atoms with Gasteiger partial charge >= 0.3 is 5.91 Å². The van der Waals surface area contributed by atoms with Crippen LogP contribution in [-0.4, -0.2) is 37.7 Å².